The maximum Gasteiger partial charge on any atom is 0.240 e. The number of hydrogen-bond acceptors (Lipinski definition) is 6. The largest absolute Gasteiger partial charge is 0.497 e. The van der Waals surface area contributed by atoms with E-state index < -0.39 is 10.0 Å². The van der Waals surface area contributed by atoms with Gasteiger partial charge >= 0.3 is 0 Å². The molecular weight excluding hydrogens is 476 g/mol. The van der Waals surface area contributed by atoms with Crippen LogP contribution in [-0.4, -0.2) is 45.8 Å². The molecule has 36 heavy (non-hydrogen) atoms. The fourth-order valence-corrected chi connectivity index (χ4v) is 4.60. The minimum atomic E-state index is -3.81. The Morgan fingerprint density at radius 3 is 2.25 bits per heavy atom. The monoisotopic (exact) mass is 508 g/mol. The Hall–Kier alpha value is -3.69. The van der Waals surface area contributed by atoms with E-state index in [0.29, 0.717) is 24.3 Å². The zero-order valence-electron chi connectivity index (χ0n) is 20.7. The molecule has 0 saturated carbocycles. The molecule has 3 aromatic rings. The summed E-state index contributed by atoms with van der Waals surface area (Å²) in [6.45, 7) is 1.79. The van der Waals surface area contributed by atoms with E-state index in [0.717, 1.165) is 16.7 Å². The highest BCUT2D eigenvalue weighted by molar-refractivity contribution is 7.89. The number of hydrogen-bond donors (Lipinski definition) is 3. The van der Waals surface area contributed by atoms with Crippen LogP contribution in [0.25, 0.3) is 0 Å². The third-order valence-electron chi connectivity index (χ3n) is 5.73. The summed E-state index contributed by atoms with van der Waals surface area (Å²) in [7, 11) is -0.699. The number of ether oxygens (including phenoxy) is 2. The van der Waals surface area contributed by atoms with Gasteiger partial charge in [0.25, 0.3) is 0 Å². The zero-order valence-corrected chi connectivity index (χ0v) is 21.6. The number of nitrogens with one attached hydrogen (secondary N) is 3. The minimum absolute atomic E-state index is 0.0402. The van der Waals surface area contributed by atoms with Crippen molar-refractivity contribution in [2.75, 3.05) is 20.8 Å². The van der Waals surface area contributed by atoms with Crippen molar-refractivity contribution in [1.82, 2.24) is 9.62 Å². The van der Waals surface area contributed by atoms with Crippen molar-refractivity contribution >= 4 is 21.7 Å². The van der Waals surface area contributed by atoms with Crippen LogP contribution in [0, 0.1) is 17.7 Å². The molecule has 0 aliphatic carbocycles. The molecule has 0 unspecified atom stereocenters. The van der Waals surface area contributed by atoms with E-state index in [1.807, 2.05) is 43.3 Å². The maximum atomic E-state index is 12.8. The van der Waals surface area contributed by atoms with Crippen LogP contribution in [0.5, 0.6) is 11.5 Å². The van der Waals surface area contributed by atoms with Crippen LogP contribution >= 0.6 is 0 Å². The summed E-state index contributed by atoms with van der Waals surface area (Å²) in [5.41, 5.74) is 2.78. The predicted octanol–water partition coefficient (Wildman–Crippen LogP) is 4.38. The van der Waals surface area contributed by atoms with Crippen LogP contribution in [0.1, 0.15) is 23.1 Å². The summed E-state index contributed by atoms with van der Waals surface area (Å²) < 4.78 is 38.8. The summed E-state index contributed by atoms with van der Waals surface area (Å²) in [4.78, 5) is 1.63. The summed E-state index contributed by atoms with van der Waals surface area (Å²) in [6, 6.07) is 21.7. The fourth-order valence-electron chi connectivity index (χ4n) is 3.61. The second kappa shape index (κ2) is 12.3. The van der Waals surface area contributed by atoms with Crippen LogP contribution in [-0.2, 0) is 23.0 Å². The SMILES string of the molecule is COc1ccc(CN(C(=N)CCc2ccccc2)C(=N)CNS(=O)(=O)c2ccc(C)cc2)c(OC)c1. The van der Waals surface area contributed by atoms with E-state index >= 15 is 0 Å². The average molecular weight is 509 g/mol. The van der Waals surface area contributed by atoms with Gasteiger partial charge in [-0.25, -0.2) is 13.1 Å². The average Bonchev–Trinajstić information content (AvgIpc) is 2.89. The Morgan fingerprint density at radius 1 is 0.917 bits per heavy atom. The molecule has 0 aromatic heterocycles. The van der Waals surface area contributed by atoms with Crippen molar-refractivity contribution in [3.8, 4) is 11.5 Å². The van der Waals surface area contributed by atoms with E-state index in [1.54, 1.807) is 38.5 Å². The standard InChI is InChI=1S/C27H32N4O4S/c1-20-9-14-24(15-10-20)36(32,33)30-18-27(29)31(26(28)16-11-21-7-5-4-6-8-21)19-22-12-13-23(34-2)17-25(22)35-3/h4-10,12-15,17,28-30H,11,16,18-19H2,1-3H3. The molecule has 0 radical (unpaired) electrons. The highest BCUT2D eigenvalue weighted by Gasteiger charge is 2.21. The molecule has 3 aromatic carbocycles. The summed E-state index contributed by atoms with van der Waals surface area (Å²) in [6.07, 6.45) is 1.01. The lowest BCUT2D eigenvalue weighted by atomic mass is 10.1. The normalized spacial score (nSPS) is 11.1. The number of methoxy groups -OCH3 is 2. The number of amidine groups is 2. The van der Waals surface area contributed by atoms with Gasteiger partial charge in [-0.3, -0.25) is 10.8 Å². The van der Waals surface area contributed by atoms with Gasteiger partial charge in [-0.1, -0.05) is 48.0 Å². The molecule has 0 aliphatic rings. The highest BCUT2D eigenvalue weighted by atomic mass is 32.2. The number of sulfonamides is 1. The van der Waals surface area contributed by atoms with Gasteiger partial charge in [0, 0.05) is 18.1 Å². The molecule has 0 fully saturated rings. The number of aryl methyl sites for hydroxylation is 2. The van der Waals surface area contributed by atoms with Gasteiger partial charge in [0.1, 0.15) is 23.2 Å². The van der Waals surface area contributed by atoms with Gasteiger partial charge in [-0.05, 0) is 43.2 Å². The lowest BCUT2D eigenvalue weighted by molar-refractivity contribution is 0.387. The third-order valence-corrected chi connectivity index (χ3v) is 7.15. The first kappa shape index (κ1) is 26.9. The van der Waals surface area contributed by atoms with Gasteiger partial charge in [0.2, 0.25) is 10.0 Å². The first-order chi connectivity index (χ1) is 17.2. The molecule has 0 heterocycles. The summed E-state index contributed by atoms with van der Waals surface area (Å²) in [5, 5.41) is 17.4. The summed E-state index contributed by atoms with van der Waals surface area (Å²) in [5.74, 6) is 1.35. The van der Waals surface area contributed by atoms with Crippen molar-refractivity contribution in [2.45, 2.75) is 31.2 Å². The number of nitrogens with zero attached hydrogens (tertiary/aromatic N) is 1. The van der Waals surface area contributed by atoms with E-state index in [2.05, 4.69) is 4.72 Å². The Balaban J connectivity index is 1.79. The second-order valence-corrected chi connectivity index (χ2v) is 10.0. The first-order valence-electron chi connectivity index (χ1n) is 11.5. The predicted molar refractivity (Wildman–Crippen MR) is 142 cm³/mol. The highest BCUT2D eigenvalue weighted by Crippen LogP contribution is 2.26. The minimum Gasteiger partial charge on any atom is -0.497 e. The van der Waals surface area contributed by atoms with E-state index in [1.165, 1.54) is 17.0 Å². The van der Waals surface area contributed by atoms with Crippen LogP contribution < -0.4 is 14.2 Å². The van der Waals surface area contributed by atoms with E-state index in [9.17, 15) is 8.42 Å². The summed E-state index contributed by atoms with van der Waals surface area (Å²) >= 11 is 0. The van der Waals surface area contributed by atoms with Crippen LogP contribution in [0.2, 0.25) is 0 Å². The van der Waals surface area contributed by atoms with Crippen molar-refractivity contribution < 1.29 is 17.9 Å². The molecular formula is C27H32N4O4S. The van der Waals surface area contributed by atoms with E-state index in [4.69, 9.17) is 20.3 Å². The van der Waals surface area contributed by atoms with Gasteiger partial charge in [0.05, 0.1) is 32.2 Å². The van der Waals surface area contributed by atoms with Gasteiger partial charge in [0.15, 0.2) is 0 Å². The molecule has 0 amide bonds. The molecule has 0 saturated heterocycles. The number of benzene rings is 3. The second-order valence-electron chi connectivity index (χ2n) is 8.28. The lowest BCUT2D eigenvalue weighted by Crippen LogP contribution is -2.42. The molecule has 190 valence electrons. The number of rotatable bonds is 11. The van der Waals surface area contributed by atoms with Gasteiger partial charge in [-0.2, -0.15) is 0 Å². The van der Waals surface area contributed by atoms with Crippen molar-refractivity contribution in [2.24, 2.45) is 0 Å². The maximum absolute atomic E-state index is 12.8. The molecule has 0 atom stereocenters. The molecule has 9 heteroatoms. The smallest absolute Gasteiger partial charge is 0.240 e. The van der Waals surface area contributed by atoms with Crippen LogP contribution in [0.15, 0.2) is 77.7 Å². The van der Waals surface area contributed by atoms with Crippen LogP contribution in [0.4, 0.5) is 0 Å². The van der Waals surface area contributed by atoms with Gasteiger partial charge in [-0.15, -0.1) is 0 Å². The molecule has 0 bridgehead atoms. The molecule has 0 aliphatic heterocycles. The first-order valence-corrected chi connectivity index (χ1v) is 13.0. The quantitative estimate of drug-likeness (QED) is 0.263. The Bertz CT molecular complexity index is 1290. The molecule has 3 rings (SSSR count). The third kappa shape index (κ3) is 7.16. The Kier molecular flexibility index (Phi) is 9.21. The topological polar surface area (TPSA) is 116 Å². The van der Waals surface area contributed by atoms with Crippen molar-refractivity contribution in [3.05, 3.63) is 89.5 Å². The van der Waals surface area contributed by atoms with E-state index in [-0.39, 0.29) is 29.7 Å². The Morgan fingerprint density at radius 2 is 1.61 bits per heavy atom. The van der Waals surface area contributed by atoms with Crippen molar-refractivity contribution in [3.63, 3.8) is 0 Å². The molecule has 3 N–H and O–H groups in total. The van der Waals surface area contributed by atoms with Crippen molar-refractivity contribution in [1.29, 1.82) is 10.8 Å². The fraction of sp³-hybridized carbons (Fsp3) is 0.259. The Labute approximate surface area is 212 Å². The van der Waals surface area contributed by atoms with Crippen LogP contribution in [0.3, 0.4) is 0 Å². The zero-order chi connectivity index (χ0) is 26.1. The molecule has 8 nitrogen and oxygen atoms in total. The lowest BCUT2D eigenvalue weighted by Gasteiger charge is -2.27. The molecule has 0 spiro atoms. The van der Waals surface area contributed by atoms with Gasteiger partial charge < -0.3 is 14.4 Å².